The quantitative estimate of drug-likeness (QED) is 0.311. The van der Waals surface area contributed by atoms with Crippen molar-refractivity contribution in [2.75, 3.05) is 6.54 Å². The van der Waals surface area contributed by atoms with Gasteiger partial charge in [-0.1, -0.05) is 59.8 Å². The lowest BCUT2D eigenvalue weighted by molar-refractivity contribution is -0.137. The van der Waals surface area contributed by atoms with Gasteiger partial charge in [-0.3, -0.25) is 9.59 Å². The molecule has 0 spiro atoms. The van der Waals surface area contributed by atoms with Crippen LogP contribution < -0.4 is 0 Å². The third-order valence-electron chi connectivity index (χ3n) is 7.96. The van der Waals surface area contributed by atoms with Crippen LogP contribution in [-0.4, -0.2) is 43.4 Å². The molecule has 0 bridgehead atoms. The van der Waals surface area contributed by atoms with E-state index in [2.05, 4.69) is 22.4 Å². The maximum Gasteiger partial charge on any atom is 0.304 e. The highest BCUT2D eigenvalue weighted by Crippen LogP contribution is 2.35. The number of carboxylic acid groups (broad SMARTS) is 1. The van der Waals surface area contributed by atoms with Crippen LogP contribution in [0.1, 0.15) is 57.4 Å². The van der Waals surface area contributed by atoms with E-state index in [9.17, 15) is 14.7 Å². The van der Waals surface area contributed by atoms with Crippen LogP contribution in [0.25, 0.3) is 21.8 Å². The van der Waals surface area contributed by atoms with Gasteiger partial charge in [-0.15, -0.1) is 5.10 Å². The minimum atomic E-state index is -0.859. The zero-order valence-electron chi connectivity index (χ0n) is 22.1. The Balaban J connectivity index is 1.33. The van der Waals surface area contributed by atoms with E-state index in [1.54, 1.807) is 0 Å². The number of aryl methyl sites for hydroxylation is 2. The summed E-state index contributed by atoms with van der Waals surface area (Å²) in [5.74, 6) is -1.18. The molecule has 1 aliphatic heterocycles. The normalized spacial score (nSPS) is 13.9. The monoisotopic (exact) mass is 518 g/mol. The van der Waals surface area contributed by atoms with Gasteiger partial charge in [0, 0.05) is 31.1 Å². The second kappa shape index (κ2) is 9.98. The Morgan fingerprint density at radius 2 is 1.79 bits per heavy atom. The average molecular weight is 519 g/mol. The van der Waals surface area contributed by atoms with E-state index in [0.717, 1.165) is 50.5 Å². The van der Waals surface area contributed by atoms with Gasteiger partial charge in [-0.25, -0.2) is 4.68 Å². The molecule has 5 aromatic rings. The summed E-state index contributed by atoms with van der Waals surface area (Å²) in [4.78, 5) is 27.3. The van der Waals surface area contributed by atoms with Crippen LogP contribution in [0, 0.1) is 6.92 Å². The first kappa shape index (κ1) is 24.8. The zero-order valence-corrected chi connectivity index (χ0v) is 22.1. The summed E-state index contributed by atoms with van der Waals surface area (Å²) in [7, 11) is 0. The van der Waals surface area contributed by atoms with Crippen molar-refractivity contribution in [3.8, 4) is 0 Å². The molecular weight excluding hydrogens is 488 g/mol. The van der Waals surface area contributed by atoms with E-state index >= 15 is 0 Å². The molecule has 1 atom stereocenters. The Labute approximate surface area is 226 Å². The molecule has 1 aromatic heterocycles. The third kappa shape index (κ3) is 4.54. The van der Waals surface area contributed by atoms with E-state index in [4.69, 9.17) is 0 Å². The van der Waals surface area contributed by atoms with Gasteiger partial charge in [0.05, 0.1) is 11.9 Å². The molecule has 7 nitrogen and oxygen atoms in total. The lowest BCUT2D eigenvalue weighted by atomic mass is 9.83. The molecule has 0 radical (unpaired) electrons. The predicted octanol–water partition coefficient (Wildman–Crippen LogP) is 5.72. The van der Waals surface area contributed by atoms with Gasteiger partial charge < -0.3 is 10.0 Å². The summed E-state index contributed by atoms with van der Waals surface area (Å²) in [5, 5.41) is 20.6. The molecule has 1 amide bonds. The fourth-order valence-corrected chi connectivity index (χ4v) is 5.85. The smallest absolute Gasteiger partial charge is 0.304 e. The Hall–Kier alpha value is -4.52. The Bertz CT molecular complexity index is 1740. The van der Waals surface area contributed by atoms with Crippen molar-refractivity contribution in [2.24, 2.45) is 0 Å². The van der Waals surface area contributed by atoms with Crippen molar-refractivity contribution < 1.29 is 14.7 Å². The van der Waals surface area contributed by atoms with Crippen LogP contribution in [-0.2, 0) is 24.3 Å². The second-order valence-electron chi connectivity index (χ2n) is 10.3. The number of carbonyl (C=O) groups excluding carboxylic acids is 1. The first-order chi connectivity index (χ1) is 18.9. The summed E-state index contributed by atoms with van der Waals surface area (Å²) in [6.07, 6.45) is 0.733. The van der Waals surface area contributed by atoms with Crippen molar-refractivity contribution >= 4 is 33.7 Å². The summed E-state index contributed by atoms with van der Waals surface area (Å²) >= 11 is 0. The summed E-state index contributed by atoms with van der Waals surface area (Å²) in [6.45, 7) is 5.87. The molecule has 0 saturated heterocycles. The Kier molecular flexibility index (Phi) is 6.35. The number of benzene rings is 4. The minimum absolute atomic E-state index is 0.0131. The number of rotatable bonds is 6. The second-order valence-corrected chi connectivity index (χ2v) is 10.3. The third-order valence-corrected chi connectivity index (χ3v) is 7.96. The van der Waals surface area contributed by atoms with Gasteiger partial charge in [-0.05, 0) is 77.1 Å². The highest BCUT2D eigenvalue weighted by Gasteiger charge is 2.26. The Morgan fingerprint density at radius 1 is 0.974 bits per heavy atom. The highest BCUT2D eigenvalue weighted by molar-refractivity contribution is 5.98. The molecule has 6 rings (SSSR count). The molecule has 2 heterocycles. The van der Waals surface area contributed by atoms with Gasteiger partial charge in [0.15, 0.2) is 0 Å². The van der Waals surface area contributed by atoms with Crippen LogP contribution >= 0.6 is 0 Å². The Morgan fingerprint density at radius 3 is 2.59 bits per heavy atom. The van der Waals surface area contributed by atoms with Gasteiger partial charge in [0.25, 0.3) is 5.91 Å². The number of amides is 1. The average Bonchev–Trinajstić information content (AvgIpc) is 3.39. The number of hydrogen-bond donors (Lipinski definition) is 1. The predicted molar refractivity (Wildman–Crippen MR) is 151 cm³/mol. The van der Waals surface area contributed by atoms with Crippen LogP contribution in [0.5, 0.6) is 0 Å². The molecule has 196 valence electrons. The molecule has 39 heavy (non-hydrogen) atoms. The van der Waals surface area contributed by atoms with E-state index in [-0.39, 0.29) is 18.2 Å². The number of hydrogen-bond acceptors (Lipinski definition) is 4. The number of carbonyl (C=O) groups is 2. The van der Waals surface area contributed by atoms with Gasteiger partial charge in [0.1, 0.15) is 5.52 Å². The van der Waals surface area contributed by atoms with E-state index in [0.29, 0.717) is 25.2 Å². The topological polar surface area (TPSA) is 88.3 Å². The first-order valence-electron chi connectivity index (χ1n) is 13.4. The molecule has 0 saturated carbocycles. The molecule has 1 aliphatic rings. The minimum Gasteiger partial charge on any atom is -0.481 e. The SMILES string of the molecule is CCn1nnc2c(C)c([C@@H](CC(=O)O)c3ccc4c(c3)CN(C(=O)c3ccc5ccccc5c3)CC4)ccc21. The molecule has 0 fully saturated rings. The fourth-order valence-electron chi connectivity index (χ4n) is 5.85. The van der Waals surface area contributed by atoms with Crippen LogP contribution in [0.4, 0.5) is 0 Å². The lowest BCUT2D eigenvalue weighted by Gasteiger charge is -2.30. The zero-order chi connectivity index (χ0) is 27.1. The molecule has 1 N–H and O–H groups in total. The number of fused-ring (bicyclic) bond motifs is 3. The van der Waals surface area contributed by atoms with Crippen molar-refractivity contribution in [2.45, 2.75) is 45.7 Å². The summed E-state index contributed by atoms with van der Waals surface area (Å²) in [6, 6.07) is 24.1. The fraction of sp³-hybridized carbons (Fsp3) is 0.250. The van der Waals surface area contributed by atoms with E-state index in [1.165, 1.54) is 5.56 Å². The standard InChI is InChI=1S/C32H30N4O3/c1-3-36-29-13-12-27(20(2)31(29)33-34-36)28(18-30(37)38)24-10-8-22-14-15-35(19-26(22)17-24)32(39)25-11-9-21-6-4-5-7-23(21)16-25/h4-13,16-17,28H,3,14-15,18-19H2,1-2H3,(H,37,38)/t28-/m0/s1. The van der Waals surface area contributed by atoms with Crippen molar-refractivity contribution in [1.82, 2.24) is 19.9 Å². The van der Waals surface area contributed by atoms with Crippen molar-refractivity contribution in [1.29, 1.82) is 0 Å². The van der Waals surface area contributed by atoms with Gasteiger partial charge >= 0.3 is 5.97 Å². The van der Waals surface area contributed by atoms with Crippen LogP contribution in [0.15, 0.2) is 72.8 Å². The number of aliphatic carboxylic acids is 1. The highest BCUT2D eigenvalue weighted by atomic mass is 16.4. The number of nitrogens with zero attached hydrogens (tertiary/aromatic N) is 4. The lowest BCUT2D eigenvalue weighted by Crippen LogP contribution is -2.36. The van der Waals surface area contributed by atoms with E-state index in [1.807, 2.05) is 84.1 Å². The molecule has 7 heteroatoms. The van der Waals surface area contributed by atoms with Crippen molar-refractivity contribution in [3.05, 3.63) is 106 Å². The van der Waals surface area contributed by atoms with Gasteiger partial charge in [-0.2, -0.15) is 0 Å². The molecule has 0 unspecified atom stereocenters. The van der Waals surface area contributed by atoms with Gasteiger partial charge in [0.2, 0.25) is 0 Å². The maximum atomic E-state index is 13.5. The van der Waals surface area contributed by atoms with E-state index < -0.39 is 5.97 Å². The van der Waals surface area contributed by atoms with Crippen molar-refractivity contribution in [3.63, 3.8) is 0 Å². The maximum absolute atomic E-state index is 13.5. The molecule has 4 aromatic carbocycles. The summed E-state index contributed by atoms with van der Waals surface area (Å²) in [5.41, 5.74) is 7.52. The summed E-state index contributed by atoms with van der Waals surface area (Å²) < 4.78 is 1.85. The van der Waals surface area contributed by atoms with Crippen LogP contribution in [0.3, 0.4) is 0 Å². The molecular formula is C32H30N4O3. The number of aromatic nitrogens is 3. The van der Waals surface area contributed by atoms with Crippen LogP contribution in [0.2, 0.25) is 0 Å². The number of carboxylic acids is 1. The largest absolute Gasteiger partial charge is 0.481 e. The first-order valence-corrected chi connectivity index (χ1v) is 13.4. The molecule has 0 aliphatic carbocycles.